The van der Waals surface area contributed by atoms with Crippen molar-refractivity contribution in [3.8, 4) is 0 Å². The number of rotatable bonds is 2. The molecule has 0 aromatic rings. The first kappa shape index (κ1) is 13.2. The van der Waals surface area contributed by atoms with Crippen molar-refractivity contribution in [3.63, 3.8) is 0 Å². The highest BCUT2D eigenvalue weighted by Gasteiger charge is 2.45. The lowest BCUT2D eigenvalue weighted by atomic mass is 9.66. The minimum Gasteiger partial charge on any atom is -0.462 e. The van der Waals surface area contributed by atoms with Gasteiger partial charge in [-0.15, -0.1) is 0 Å². The minimum atomic E-state index is -0.564. The normalized spacial score (nSPS) is 29.2. The maximum atomic E-state index is 12.2. The van der Waals surface area contributed by atoms with Gasteiger partial charge in [-0.2, -0.15) is 0 Å². The maximum Gasteiger partial charge on any atom is 0.317 e. The number of hydrogen-bond donors (Lipinski definition) is 0. The SMILES string of the molecule is CC(C)OC(=O)C1C(=O)C(C)(C)CCC1C. The molecule has 0 bridgehead atoms. The first-order chi connectivity index (χ1) is 7.25. The number of Topliss-reactive ketones (excluding diaryl/α,β-unsaturated/α-hetero) is 1. The molecule has 1 saturated carbocycles. The first-order valence-corrected chi connectivity index (χ1v) is 6.00. The second-order valence-corrected chi connectivity index (χ2v) is 5.73. The van der Waals surface area contributed by atoms with Gasteiger partial charge in [-0.1, -0.05) is 20.8 Å². The predicted octanol–water partition coefficient (Wildman–Crippen LogP) is 2.58. The summed E-state index contributed by atoms with van der Waals surface area (Å²) in [6.07, 6.45) is 1.62. The lowest BCUT2D eigenvalue weighted by Gasteiger charge is -2.36. The molecule has 3 heteroatoms. The van der Waals surface area contributed by atoms with Crippen LogP contribution in [-0.2, 0) is 14.3 Å². The van der Waals surface area contributed by atoms with E-state index in [1.165, 1.54) is 0 Å². The summed E-state index contributed by atoms with van der Waals surface area (Å²) < 4.78 is 5.16. The Hall–Kier alpha value is -0.860. The molecule has 92 valence electrons. The lowest BCUT2D eigenvalue weighted by molar-refractivity contribution is -0.162. The number of ether oxygens (including phenoxy) is 1. The molecule has 1 aliphatic rings. The molecule has 2 unspecified atom stereocenters. The van der Waals surface area contributed by atoms with Crippen LogP contribution in [0.4, 0.5) is 0 Å². The summed E-state index contributed by atoms with van der Waals surface area (Å²) in [5.41, 5.74) is -0.382. The topological polar surface area (TPSA) is 43.4 Å². The van der Waals surface area contributed by atoms with Gasteiger partial charge in [0, 0.05) is 5.41 Å². The van der Waals surface area contributed by atoms with Crippen LogP contribution in [0.1, 0.15) is 47.5 Å². The zero-order valence-electron chi connectivity index (χ0n) is 10.9. The molecule has 16 heavy (non-hydrogen) atoms. The number of esters is 1. The van der Waals surface area contributed by atoms with Crippen LogP contribution in [0, 0.1) is 17.3 Å². The standard InChI is InChI=1S/C13H22O3/c1-8(2)16-12(15)10-9(3)6-7-13(4,5)11(10)14/h8-10H,6-7H2,1-5H3. The van der Waals surface area contributed by atoms with Crippen LogP contribution in [0.25, 0.3) is 0 Å². The molecule has 1 aliphatic carbocycles. The molecule has 0 heterocycles. The summed E-state index contributed by atoms with van der Waals surface area (Å²) >= 11 is 0. The zero-order chi connectivity index (χ0) is 12.5. The molecule has 0 saturated heterocycles. The fourth-order valence-corrected chi connectivity index (χ4v) is 2.20. The molecular weight excluding hydrogens is 204 g/mol. The highest BCUT2D eigenvalue weighted by molar-refractivity contribution is 6.02. The van der Waals surface area contributed by atoms with Gasteiger partial charge in [0.25, 0.3) is 0 Å². The number of ketones is 1. The summed E-state index contributed by atoms with van der Waals surface area (Å²) in [7, 11) is 0. The van der Waals surface area contributed by atoms with Crippen molar-refractivity contribution in [1.82, 2.24) is 0 Å². The van der Waals surface area contributed by atoms with E-state index in [4.69, 9.17) is 4.74 Å². The summed E-state index contributed by atoms with van der Waals surface area (Å²) in [6.45, 7) is 9.40. The fraction of sp³-hybridized carbons (Fsp3) is 0.846. The van der Waals surface area contributed by atoms with E-state index in [9.17, 15) is 9.59 Å². The second-order valence-electron chi connectivity index (χ2n) is 5.73. The van der Waals surface area contributed by atoms with Crippen LogP contribution in [0.2, 0.25) is 0 Å². The van der Waals surface area contributed by atoms with Gasteiger partial charge in [0.2, 0.25) is 0 Å². The lowest BCUT2D eigenvalue weighted by Crippen LogP contribution is -2.44. The Morgan fingerprint density at radius 2 is 2.00 bits per heavy atom. The van der Waals surface area contributed by atoms with Crippen molar-refractivity contribution in [2.75, 3.05) is 0 Å². The number of carbonyl (C=O) groups excluding carboxylic acids is 2. The number of carbonyl (C=O) groups is 2. The van der Waals surface area contributed by atoms with Crippen LogP contribution in [0.5, 0.6) is 0 Å². The van der Waals surface area contributed by atoms with Crippen LogP contribution in [-0.4, -0.2) is 17.9 Å². The third-order valence-corrected chi connectivity index (χ3v) is 3.35. The van der Waals surface area contributed by atoms with Crippen molar-refractivity contribution in [3.05, 3.63) is 0 Å². The van der Waals surface area contributed by atoms with Crippen LogP contribution in [0.3, 0.4) is 0 Å². The van der Waals surface area contributed by atoms with E-state index >= 15 is 0 Å². The van der Waals surface area contributed by atoms with Crippen molar-refractivity contribution in [2.45, 2.75) is 53.6 Å². The first-order valence-electron chi connectivity index (χ1n) is 6.00. The van der Waals surface area contributed by atoms with Crippen molar-refractivity contribution >= 4 is 11.8 Å². The van der Waals surface area contributed by atoms with Crippen LogP contribution >= 0.6 is 0 Å². The Kier molecular flexibility index (Phi) is 3.76. The van der Waals surface area contributed by atoms with Gasteiger partial charge in [-0.25, -0.2) is 0 Å². The maximum absolute atomic E-state index is 12.2. The van der Waals surface area contributed by atoms with E-state index in [2.05, 4.69) is 0 Å². The summed E-state index contributed by atoms with van der Waals surface area (Å²) in [5.74, 6) is -0.768. The highest BCUT2D eigenvalue weighted by atomic mass is 16.5. The molecular formula is C13H22O3. The van der Waals surface area contributed by atoms with E-state index < -0.39 is 5.92 Å². The Bertz CT molecular complexity index is 292. The van der Waals surface area contributed by atoms with Gasteiger partial charge in [0.15, 0.2) is 5.78 Å². The zero-order valence-corrected chi connectivity index (χ0v) is 10.9. The van der Waals surface area contributed by atoms with Gasteiger partial charge in [-0.3, -0.25) is 9.59 Å². The molecule has 0 N–H and O–H groups in total. The van der Waals surface area contributed by atoms with E-state index in [-0.39, 0.29) is 29.2 Å². The van der Waals surface area contributed by atoms with Crippen molar-refractivity contribution in [1.29, 1.82) is 0 Å². The van der Waals surface area contributed by atoms with Crippen molar-refractivity contribution < 1.29 is 14.3 Å². The van der Waals surface area contributed by atoms with Crippen molar-refractivity contribution in [2.24, 2.45) is 17.3 Å². The average molecular weight is 226 g/mol. The van der Waals surface area contributed by atoms with Gasteiger partial charge < -0.3 is 4.74 Å². The predicted molar refractivity (Wildman–Crippen MR) is 61.9 cm³/mol. The van der Waals surface area contributed by atoms with E-state index in [0.717, 1.165) is 12.8 Å². The molecule has 2 atom stereocenters. The molecule has 1 rings (SSSR count). The van der Waals surface area contributed by atoms with Gasteiger partial charge in [-0.05, 0) is 32.6 Å². The van der Waals surface area contributed by atoms with Crippen LogP contribution < -0.4 is 0 Å². The monoisotopic (exact) mass is 226 g/mol. The molecule has 0 spiro atoms. The van der Waals surface area contributed by atoms with E-state index in [1.807, 2.05) is 20.8 Å². The summed E-state index contributed by atoms with van der Waals surface area (Å²) in [4.78, 5) is 24.1. The largest absolute Gasteiger partial charge is 0.462 e. The van der Waals surface area contributed by atoms with E-state index in [1.54, 1.807) is 13.8 Å². The number of hydrogen-bond acceptors (Lipinski definition) is 3. The van der Waals surface area contributed by atoms with Gasteiger partial charge in [0.1, 0.15) is 5.92 Å². The third kappa shape index (κ3) is 2.63. The summed E-state index contributed by atoms with van der Waals surface area (Å²) in [5, 5.41) is 0. The molecule has 0 aromatic heterocycles. The average Bonchev–Trinajstić information content (AvgIpc) is 2.12. The Morgan fingerprint density at radius 3 is 2.50 bits per heavy atom. The molecule has 3 nitrogen and oxygen atoms in total. The molecule has 0 aromatic carbocycles. The highest BCUT2D eigenvalue weighted by Crippen LogP contribution is 2.39. The minimum absolute atomic E-state index is 0.0388. The molecule has 1 fully saturated rings. The molecule has 0 radical (unpaired) electrons. The molecule has 0 aliphatic heterocycles. The Labute approximate surface area is 97.5 Å². The quantitative estimate of drug-likeness (QED) is 0.537. The summed E-state index contributed by atoms with van der Waals surface area (Å²) in [6, 6.07) is 0. The van der Waals surface area contributed by atoms with Gasteiger partial charge >= 0.3 is 5.97 Å². The smallest absolute Gasteiger partial charge is 0.317 e. The second kappa shape index (κ2) is 4.56. The van der Waals surface area contributed by atoms with E-state index in [0.29, 0.717) is 0 Å². The molecule has 0 amide bonds. The van der Waals surface area contributed by atoms with Gasteiger partial charge in [0.05, 0.1) is 6.10 Å². The third-order valence-electron chi connectivity index (χ3n) is 3.35. The van der Waals surface area contributed by atoms with Crippen LogP contribution in [0.15, 0.2) is 0 Å². The Balaban J connectivity index is 2.83. The fourth-order valence-electron chi connectivity index (χ4n) is 2.20. The Morgan fingerprint density at radius 1 is 1.44 bits per heavy atom.